The number of ether oxygens (including phenoxy) is 3. The fourth-order valence-corrected chi connectivity index (χ4v) is 2.49. The average molecular weight is 320 g/mol. The molecule has 5 nitrogen and oxygen atoms in total. The fraction of sp³-hybridized carbons (Fsp3) is 0.158. The van der Waals surface area contributed by atoms with Crippen LogP contribution >= 0.6 is 0 Å². The smallest absolute Gasteiger partial charge is 0.231 e. The van der Waals surface area contributed by atoms with Crippen LogP contribution < -0.4 is 9.47 Å². The number of pyridine rings is 2. The zero-order chi connectivity index (χ0) is 16.2. The number of hydrogen-bond donors (Lipinski definition) is 0. The fourth-order valence-electron chi connectivity index (χ4n) is 2.49. The van der Waals surface area contributed by atoms with Crippen molar-refractivity contribution in [2.45, 2.75) is 13.2 Å². The molecule has 0 saturated carbocycles. The molecule has 1 aliphatic heterocycles. The van der Waals surface area contributed by atoms with Crippen LogP contribution in [0.4, 0.5) is 0 Å². The molecule has 3 heterocycles. The average Bonchev–Trinajstić information content (AvgIpc) is 3.11. The molecule has 0 N–H and O–H groups in total. The summed E-state index contributed by atoms with van der Waals surface area (Å²) in [6, 6.07) is 15.6. The number of aromatic nitrogens is 2. The van der Waals surface area contributed by atoms with Gasteiger partial charge in [0.25, 0.3) is 0 Å². The van der Waals surface area contributed by atoms with Gasteiger partial charge in [-0.2, -0.15) is 0 Å². The molecule has 5 heteroatoms. The minimum atomic E-state index is 0.277. The van der Waals surface area contributed by atoms with Crippen LogP contribution in [0.25, 0.3) is 11.3 Å². The Morgan fingerprint density at radius 1 is 0.917 bits per heavy atom. The lowest BCUT2D eigenvalue weighted by molar-refractivity contribution is 0.104. The van der Waals surface area contributed by atoms with Gasteiger partial charge in [-0.05, 0) is 42.0 Å². The third-order valence-corrected chi connectivity index (χ3v) is 3.74. The maximum atomic E-state index is 5.67. The zero-order valence-corrected chi connectivity index (χ0v) is 13.0. The van der Waals surface area contributed by atoms with Crippen molar-refractivity contribution in [3.63, 3.8) is 0 Å². The Balaban J connectivity index is 1.39. The minimum Gasteiger partial charge on any atom is -0.454 e. The standard InChI is InChI=1S/C19H16N2O3/c1-2-8-20-16(3-1)12-22-11-14-4-6-17(21-10-14)15-5-7-18-19(9-15)24-13-23-18/h1-10H,11-13H2. The van der Waals surface area contributed by atoms with Crippen LogP contribution in [0, 0.1) is 0 Å². The summed E-state index contributed by atoms with van der Waals surface area (Å²) in [5.41, 5.74) is 3.83. The van der Waals surface area contributed by atoms with Gasteiger partial charge >= 0.3 is 0 Å². The Bertz CT molecular complexity index is 820. The molecule has 0 amide bonds. The first kappa shape index (κ1) is 14.7. The Labute approximate surface area is 139 Å². The van der Waals surface area contributed by atoms with Gasteiger partial charge < -0.3 is 14.2 Å². The van der Waals surface area contributed by atoms with E-state index < -0.39 is 0 Å². The van der Waals surface area contributed by atoms with Gasteiger partial charge in [0, 0.05) is 18.0 Å². The van der Waals surface area contributed by atoms with E-state index in [0.717, 1.165) is 34.0 Å². The maximum Gasteiger partial charge on any atom is 0.231 e. The molecule has 1 aliphatic rings. The SMILES string of the molecule is c1ccc(COCc2ccc(-c3ccc4c(c3)OCO4)nc2)nc1. The lowest BCUT2D eigenvalue weighted by Gasteiger charge is -2.06. The van der Waals surface area contributed by atoms with E-state index in [-0.39, 0.29) is 6.79 Å². The van der Waals surface area contributed by atoms with Crippen LogP contribution in [-0.2, 0) is 18.0 Å². The van der Waals surface area contributed by atoms with Gasteiger partial charge in [0.2, 0.25) is 6.79 Å². The zero-order valence-electron chi connectivity index (χ0n) is 13.0. The van der Waals surface area contributed by atoms with E-state index in [0.29, 0.717) is 13.2 Å². The van der Waals surface area contributed by atoms with E-state index in [1.165, 1.54) is 0 Å². The van der Waals surface area contributed by atoms with Crippen LogP contribution in [0.1, 0.15) is 11.3 Å². The topological polar surface area (TPSA) is 53.5 Å². The number of fused-ring (bicyclic) bond motifs is 1. The molecular formula is C19H16N2O3. The Morgan fingerprint density at radius 2 is 1.88 bits per heavy atom. The second-order valence-corrected chi connectivity index (χ2v) is 5.43. The third kappa shape index (κ3) is 3.21. The van der Waals surface area contributed by atoms with Crippen molar-refractivity contribution >= 4 is 0 Å². The van der Waals surface area contributed by atoms with Crippen LogP contribution in [0.3, 0.4) is 0 Å². The van der Waals surface area contributed by atoms with Crippen LogP contribution in [-0.4, -0.2) is 16.8 Å². The lowest BCUT2D eigenvalue weighted by Crippen LogP contribution is -1.97. The summed E-state index contributed by atoms with van der Waals surface area (Å²) in [6.45, 7) is 1.27. The molecular weight excluding hydrogens is 304 g/mol. The second kappa shape index (κ2) is 6.68. The maximum absolute atomic E-state index is 5.67. The van der Waals surface area contributed by atoms with Gasteiger partial charge in [-0.25, -0.2) is 0 Å². The molecule has 4 rings (SSSR count). The molecule has 0 fully saturated rings. The van der Waals surface area contributed by atoms with Crippen molar-refractivity contribution in [1.82, 2.24) is 9.97 Å². The molecule has 0 atom stereocenters. The number of hydrogen-bond acceptors (Lipinski definition) is 5. The molecule has 1 aromatic carbocycles. The van der Waals surface area contributed by atoms with Gasteiger partial charge in [-0.15, -0.1) is 0 Å². The molecule has 2 aromatic heterocycles. The van der Waals surface area contributed by atoms with E-state index in [1.807, 2.05) is 54.7 Å². The summed E-state index contributed by atoms with van der Waals surface area (Å²) in [5, 5.41) is 0. The summed E-state index contributed by atoms with van der Waals surface area (Å²) >= 11 is 0. The van der Waals surface area contributed by atoms with Gasteiger partial charge in [0.1, 0.15) is 0 Å². The Morgan fingerprint density at radius 3 is 2.71 bits per heavy atom. The quantitative estimate of drug-likeness (QED) is 0.719. The van der Waals surface area contributed by atoms with Crippen LogP contribution in [0.15, 0.2) is 60.9 Å². The van der Waals surface area contributed by atoms with Crippen molar-refractivity contribution in [2.24, 2.45) is 0 Å². The second-order valence-electron chi connectivity index (χ2n) is 5.43. The van der Waals surface area contributed by atoms with E-state index in [2.05, 4.69) is 9.97 Å². The number of nitrogens with zero attached hydrogens (tertiary/aromatic N) is 2. The molecule has 120 valence electrons. The van der Waals surface area contributed by atoms with Crippen molar-refractivity contribution in [2.75, 3.05) is 6.79 Å². The van der Waals surface area contributed by atoms with Gasteiger partial charge in [-0.1, -0.05) is 12.1 Å². The van der Waals surface area contributed by atoms with E-state index in [9.17, 15) is 0 Å². The van der Waals surface area contributed by atoms with Crippen LogP contribution in [0.5, 0.6) is 11.5 Å². The molecule has 0 aliphatic carbocycles. The van der Waals surface area contributed by atoms with Crippen molar-refractivity contribution in [3.8, 4) is 22.8 Å². The monoisotopic (exact) mass is 320 g/mol. The normalized spacial score (nSPS) is 12.3. The first-order chi connectivity index (χ1) is 11.9. The third-order valence-electron chi connectivity index (χ3n) is 3.74. The van der Waals surface area contributed by atoms with Gasteiger partial charge in [-0.3, -0.25) is 9.97 Å². The Hall–Kier alpha value is -2.92. The highest BCUT2D eigenvalue weighted by molar-refractivity contribution is 5.64. The molecule has 0 saturated heterocycles. The van der Waals surface area contributed by atoms with E-state index >= 15 is 0 Å². The predicted molar refractivity (Wildman–Crippen MR) is 88.5 cm³/mol. The molecule has 3 aromatic rings. The molecule has 0 radical (unpaired) electrons. The first-order valence-electron chi connectivity index (χ1n) is 7.71. The molecule has 0 bridgehead atoms. The summed E-state index contributed by atoms with van der Waals surface area (Å²) in [5.74, 6) is 1.54. The highest BCUT2D eigenvalue weighted by Gasteiger charge is 2.14. The molecule has 0 unspecified atom stereocenters. The Kier molecular flexibility index (Phi) is 4.08. The van der Waals surface area contributed by atoms with E-state index in [1.54, 1.807) is 6.20 Å². The first-order valence-corrected chi connectivity index (χ1v) is 7.71. The highest BCUT2D eigenvalue weighted by atomic mass is 16.7. The highest BCUT2D eigenvalue weighted by Crippen LogP contribution is 2.35. The summed E-state index contributed by atoms with van der Waals surface area (Å²) in [7, 11) is 0. The van der Waals surface area contributed by atoms with Crippen LogP contribution in [0.2, 0.25) is 0 Å². The summed E-state index contributed by atoms with van der Waals surface area (Å²) in [4.78, 5) is 8.74. The number of benzene rings is 1. The molecule has 0 spiro atoms. The van der Waals surface area contributed by atoms with Crippen molar-refractivity contribution < 1.29 is 14.2 Å². The van der Waals surface area contributed by atoms with Gasteiger partial charge in [0.15, 0.2) is 11.5 Å². The predicted octanol–water partition coefficient (Wildman–Crippen LogP) is 3.59. The van der Waals surface area contributed by atoms with Crippen molar-refractivity contribution in [3.05, 3.63) is 72.2 Å². The summed E-state index contributed by atoms with van der Waals surface area (Å²) in [6.07, 6.45) is 3.60. The van der Waals surface area contributed by atoms with E-state index in [4.69, 9.17) is 14.2 Å². The largest absolute Gasteiger partial charge is 0.454 e. The molecule has 24 heavy (non-hydrogen) atoms. The lowest BCUT2D eigenvalue weighted by atomic mass is 10.1. The van der Waals surface area contributed by atoms with Crippen molar-refractivity contribution in [1.29, 1.82) is 0 Å². The minimum absolute atomic E-state index is 0.277. The number of rotatable bonds is 5. The summed E-state index contributed by atoms with van der Waals surface area (Å²) < 4.78 is 16.4. The van der Waals surface area contributed by atoms with Gasteiger partial charge in [0.05, 0.1) is 24.6 Å².